The van der Waals surface area contributed by atoms with Crippen molar-refractivity contribution in [1.82, 2.24) is 4.98 Å². The molecule has 0 aliphatic carbocycles. The van der Waals surface area contributed by atoms with Gasteiger partial charge >= 0.3 is 5.97 Å². The van der Waals surface area contributed by atoms with Crippen LogP contribution in [0.1, 0.15) is 18.0 Å². The first kappa shape index (κ1) is 10.1. The Balaban J connectivity index is 2.71. The molecule has 0 saturated heterocycles. The minimum atomic E-state index is -0.907. The molecule has 5 heteroatoms. The van der Waals surface area contributed by atoms with E-state index in [9.17, 15) is 4.79 Å². The zero-order chi connectivity index (χ0) is 9.84. The number of aliphatic carboxylic acids is 1. The number of nitrogens with two attached hydrogens (primary N) is 1. The van der Waals surface area contributed by atoms with Gasteiger partial charge in [0.2, 0.25) is 0 Å². The van der Waals surface area contributed by atoms with E-state index in [0.29, 0.717) is 4.60 Å². The molecule has 0 radical (unpaired) electrons. The van der Waals surface area contributed by atoms with E-state index in [2.05, 4.69) is 20.9 Å². The van der Waals surface area contributed by atoms with E-state index in [-0.39, 0.29) is 6.42 Å². The Labute approximate surface area is 83.9 Å². The summed E-state index contributed by atoms with van der Waals surface area (Å²) in [5, 5.41) is 8.49. The molecule has 1 aromatic heterocycles. The number of rotatable bonds is 3. The summed E-state index contributed by atoms with van der Waals surface area (Å²) in [7, 11) is 0. The Morgan fingerprint density at radius 3 is 2.85 bits per heavy atom. The fourth-order valence-electron chi connectivity index (χ4n) is 0.913. The highest BCUT2D eigenvalue weighted by Crippen LogP contribution is 2.14. The monoisotopic (exact) mass is 244 g/mol. The largest absolute Gasteiger partial charge is 0.481 e. The summed E-state index contributed by atoms with van der Waals surface area (Å²) >= 11 is 3.18. The van der Waals surface area contributed by atoms with Gasteiger partial charge in [-0.25, -0.2) is 4.98 Å². The lowest BCUT2D eigenvalue weighted by molar-refractivity contribution is -0.137. The van der Waals surface area contributed by atoms with Crippen LogP contribution in [-0.2, 0) is 4.79 Å². The van der Waals surface area contributed by atoms with Gasteiger partial charge in [-0.1, -0.05) is 6.07 Å². The van der Waals surface area contributed by atoms with E-state index in [1.165, 1.54) is 0 Å². The topological polar surface area (TPSA) is 76.2 Å². The third-order valence-corrected chi connectivity index (χ3v) is 2.04. The molecule has 3 N–H and O–H groups in total. The molecule has 0 amide bonds. The van der Waals surface area contributed by atoms with E-state index < -0.39 is 12.0 Å². The first-order valence-corrected chi connectivity index (χ1v) is 4.47. The molecule has 0 fully saturated rings. The highest BCUT2D eigenvalue weighted by molar-refractivity contribution is 9.10. The molecule has 4 nitrogen and oxygen atoms in total. The zero-order valence-electron chi connectivity index (χ0n) is 6.77. The van der Waals surface area contributed by atoms with Gasteiger partial charge in [-0.05, 0) is 27.6 Å². The summed E-state index contributed by atoms with van der Waals surface area (Å²) in [6, 6.07) is 3.00. The highest BCUT2D eigenvalue weighted by atomic mass is 79.9. The van der Waals surface area contributed by atoms with E-state index in [1.807, 2.05) is 0 Å². The van der Waals surface area contributed by atoms with Crippen molar-refractivity contribution >= 4 is 21.9 Å². The minimum Gasteiger partial charge on any atom is -0.481 e. The van der Waals surface area contributed by atoms with Crippen molar-refractivity contribution in [1.29, 1.82) is 0 Å². The fourth-order valence-corrected chi connectivity index (χ4v) is 1.15. The molecule has 0 saturated carbocycles. The second kappa shape index (κ2) is 4.34. The van der Waals surface area contributed by atoms with Crippen LogP contribution in [0.3, 0.4) is 0 Å². The molecule has 0 aliphatic heterocycles. The summed E-state index contributed by atoms with van der Waals surface area (Å²) in [5.41, 5.74) is 6.34. The molecule has 0 aromatic carbocycles. The Kier molecular flexibility index (Phi) is 3.39. The maximum Gasteiger partial charge on any atom is 0.305 e. The van der Waals surface area contributed by atoms with Crippen LogP contribution in [0.2, 0.25) is 0 Å². The molecule has 1 atom stereocenters. The predicted molar refractivity (Wildman–Crippen MR) is 51.1 cm³/mol. The SMILES string of the molecule is NC(CC(=O)O)c1ccc(Br)nc1. The zero-order valence-corrected chi connectivity index (χ0v) is 8.36. The standard InChI is InChI=1S/C8H9BrN2O2/c9-7-2-1-5(4-11-7)6(10)3-8(12)13/h1-2,4,6H,3,10H2,(H,12,13). The molecule has 1 heterocycles. The number of carboxylic acids is 1. The number of nitrogens with zero attached hydrogens (tertiary/aromatic N) is 1. The number of halogens is 1. The molecular weight excluding hydrogens is 236 g/mol. The van der Waals surface area contributed by atoms with Crippen LogP contribution >= 0.6 is 15.9 Å². The van der Waals surface area contributed by atoms with E-state index in [0.717, 1.165) is 5.56 Å². The number of carboxylic acid groups (broad SMARTS) is 1. The number of hydrogen-bond donors (Lipinski definition) is 2. The lowest BCUT2D eigenvalue weighted by Crippen LogP contribution is -2.15. The molecule has 70 valence electrons. The number of aromatic nitrogens is 1. The second-order valence-corrected chi connectivity index (χ2v) is 3.43. The van der Waals surface area contributed by atoms with Crippen LogP contribution in [0.15, 0.2) is 22.9 Å². The molecule has 0 spiro atoms. The maximum absolute atomic E-state index is 10.3. The van der Waals surface area contributed by atoms with Gasteiger partial charge in [-0.2, -0.15) is 0 Å². The van der Waals surface area contributed by atoms with Gasteiger partial charge in [0, 0.05) is 12.2 Å². The highest BCUT2D eigenvalue weighted by Gasteiger charge is 2.10. The number of pyridine rings is 1. The van der Waals surface area contributed by atoms with Crippen LogP contribution in [0.5, 0.6) is 0 Å². The number of hydrogen-bond acceptors (Lipinski definition) is 3. The van der Waals surface area contributed by atoms with Gasteiger partial charge in [0.05, 0.1) is 6.42 Å². The molecule has 1 rings (SSSR count). The minimum absolute atomic E-state index is 0.0800. The van der Waals surface area contributed by atoms with Crippen molar-refractivity contribution in [2.75, 3.05) is 0 Å². The van der Waals surface area contributed by atoms with E-state index in [4.69, 9.17) is 10.8 Å². The Hall–Kier alpha value is -0.940. The smallest absolute Gasteiger partial charge is 0.305 e. The van der Waals surface area contributed by atoms with Crippen LogP contribution < -0.4 is 5.73 Å². The van der Waals surface area contributed by atoms with Crippen molar-refractivity contribution in [3.63, 3.8) is 0 Å². The van der Waals surface area contributed by atoms with Gasteiger partial charge in [0.25, 0.3) is 0 Å². The summed E-state index contributed by atoms with van der Waals surface area (Å²) in [5.74, 6) is -0.907. The lowest BCUT2D eigenvalue weighted by Gasteiger charge is -2.07. The molecule has 1 aromatic rings. The van der Waals surface area contributed by atoms with E-state index in [1.54, 1.807) is 18.3 Å². The van der Waals surface area contributed by atoms with Gasteiger partial charge in [0.15, 0.2) is 0 Å². The fraction of sp³-hybridized carbons (Fsp3) is 0.250. The van der Waals surface area contributed by atoms with Crippen molar-refractivity contribution < 1.29 is 9.90 Å². The quantitative estimate of drug-likeness (QED) is 0.787. The Bertz CT molecular complexity index is 300. The van der Waals surface area contributed by atoms with Crippen molar-refractivity contribution in [3.8, 4) is 0 Å². The molecular formula is C8H9BrN2O2. The van der Waals surface area contributed by atoms with Crippen molar-refractivity contribution in [2.45, 2.75) is 12.5 Å². The third-order valence-electron chi connectivity index (χ3n) is 1.57. The maximum atomic E-state index is 10.3. The van der Waals surface area contributed by atoms with Crippen LogP contribution in [-0.4, -0.2) is 16.1 Å². The predicted octanol–water partition coefficient (Wildman–Crippen LogP) is 1.32. The van der Waals surface area contributed by atoms with Gasteiger partial charge in [0.1, 0.15) is 4.60 Å². The van der Waals surface area contributed by atoms with Crippen LogP contribution in [0, 0.1) is 0 Å². The third kappa shape index (κ3) is 3.12. The summed E-state index contributed by atoms with van der Waals surface area (Å²) in [6.07, 6.45) is 1.49. The Morgan fingerprint density at radius 1 is 1.69 bits per heavy atom. The number of carbonyl (C=O) groups is 1. The first-order chi connectivity index (χ1) is 6.09. The average molecular weight is 245 g/mol. The summed E-state index contributed by atoms with van der Waals surface area (Å²) < 4.78 is 0.707. The molecule has 0 bridgehead atoms. The van der Waals surface area contributed by atoms with Crippen molar-refractivity contribution in [2.24, 2.45) is 5.73 Å². The average Bonchev–Trinajstić information content (AvgIpc) is 2.04. The van der Waals surface area contributed by atoms with Gasteiger partial charge in [-0.15, -0.1) is 0 Å². The molecule has 13 heavy (non-hydrogen) atoms. The molecule has 0 aliphatic rings. The van der Waals surface area contributed by atoms with Crippen molar-refractivity contribution in [3.05, 3.63) is 28.5 Å². The summed E-state index contributed by atoms with van der Waals surface area (Å²) in [6.45, 7) is 0. The van der Waals surface area contributed by atoms with Crippen LogP contribution in [0.4, 0.5) is 0 Å². The van der Waals surface area contributed by atoms with Gasteiger partial charge in [-0.3, -0.25) is 4.79 Å². The molecule has 1 unspecified atom stereocenters. The second-order valence-electron chi connectivity index (χ2n) is 2.62. The lowest BCUT2D eigenvalue weighted by atomic mass is 10.1. The van der Waals surface area contributed by atoms with E-state index >= 15 is 0 Å². The Morgan fingerprint density at radius 2 is 2.38 bits per heavy atom. The summed E-state index contributed by atoms with van der Waals surface area (Å²) in [4.78, 5) is 14.3. The van der Waals surface area contributed by atoms with Crippen LogP contribution in [0.25, 0.3) is 0 Å². The first-order valence-electron chi connectivity index (χ1n) is 3.68. The van der Waals surface area contributed by atoms with Gasteiger partial charge < -0.3 is 10.8 Å². The normalized spacial score (nSPS) is 12.5.